The number of carbonyl (C=O) groups is 1. The highest BCUT2D eigenvalue weighted by Gasteiger charge is 2.12. The molecule has 0 aliphatic heterocycles. The Morgan fingerprint density at radius 3 is 1.70 bits per heavy atom. The van der Waals surface area contributed by atoms with Gasteiger partial charge in [0.05, 0.1) is 7.11 Å². The Labute approximate surface area is 162 Å². The van der Waals surface area contributed by atoms with E-state index < -0.39 is 5.97 Å². The highest BCUT2D eigenvalue weighted by Crippen LogP contribution is 2.22. The Bertz CT molecular complexity index is 774. The van der Waals surface area contributed by atoms with Crippen molar-refractivity contribution in [3.8, 4) is 5.75 Å². The molecule has 0 saturated carbocycles. The van der Waals surface area contributed by atoms with Crippen LogP contribution in [0.3, 0.4) is 0 Å². The molecule has 142 valence electrons. The predicted octanol–water partition coefficient (Wildman–Crippen LogP) is 5.76. The zero-order valence-corrected chi connectivity index (χ0v) is 16.5. The molecule has 0 aliphatic rings. The van der Waals surface area contributed by atoms with Crippen LogP contribution in [-0.4, -0.2) is 18.2 Å². The summed E-state index contributed by atoms with van der Waals surface area (Å²) < 4.78 is 4.14. The number of aromatic hydroxyl groups is 1. The molecule has 0 radical (unpaired) electrons. The van der Waals surface area contributed by atoms with Crippen molar-refractivity contribution in [3.63, 3.8) is 0 Å². The fourth-order valence-electron chi connectivity index (χ4n) is 2.10. The molecule has 3 nitrogen and oxygen atoms in total. The van der Waals surface area contributed by atoms with Crippen LogP contribution in [0, 0.1) is 0 Å². The quantitative estimate of drug-likeness (QED) is 0.426. The first kappa shape index (κ1) is 22.0. The van der Waals surface area contributed by atoms with Crippen molar-refractivity contribution in [1.82, 2.24) is 0 Å². The first-order chi connectivity index (χ1) is 12.8. The van der Waals surface area contributed by atoms with Gasteiger partial charge in [0.2, 0.25) is 0 Å². The second-order valence-corrected chi connectivity index (χ2v) is 6.91. The zero-order valence-electron chi connectivity index (χ0n) is 16.5. The summed E-state index contributed by atoms with van der Waals surface area (Å²) in [6.45, 7) is 9.82. The van der Waals surface area contributed by atoms with Gasteiger partial charge in [0.25, 0.3) is 0 Å². The van der Waals surface area contributed by atoms with E-state index >= 15 is 0 Å². The molecule has 27 heavy (non-hydrogen) atoms. The molecular weight excluding hydrogens is 336 g/mol. The van der Waals surface area contributed by atoms with Crippen LogP contribution in [-0.2, 0) is 14.9 Å². The Morgan fingerprint density at radius 1 is 0.926 bits per heavy atom. The van der Waals surface area contributed by atoms with Crippen LogP contribution < -0.4 is 0 Å². The van der Waals surface area contributed by atoms with E-state index in [-0.39, 0.29) is 5.41 Å². The van der Waals surface area contributed by atoms with Crippen molar-refractivity contribution < 1.29 is 14.6 Å². The molecule has 1 N–H and O–H groups in total. The minimum absolute atomic E-state index is 0.195. The number of ether oxygens (including phenoxy) is 1. The summed E-state index contributed by atoms with van der Waals surface area (Å²) in [4.78, 5) is 9.84. The number of rotatable bonds is 4. The van der Waals surface area contributed by atoms with Crippen molar-refractivity contribution in [2.45, 2.75) is 26.2 Å². The minimum atomic E-state index is -0.394. The van der Waals surface area contributed by atoms with E-state index in [0.29, 0.717) is 5.75 Å². The van der Waals surface area contributed by atoms with Crippen LogP contribution in [0.1, 0.15) is 37.5 Å². The summed E-state index contributed by atoms with van der Waals surface area (Å²) >= 11 is 0. The first-order valence-corrected chi connectivity index (χ1v) is 8.71. The third-order valence-electron chi connectivity index (χ3n) is 3.73. The summed E-state index contributed by atoms with van der Waals surface area (Å²) in [6, 6.07) is 15.8. The number of esters is 1. The van der Waals surface area contributed by atoms with Crippen molar-refractivity contribution in [2.24, 2.45) is 0 Å². The van der Waals surface area contributed by atoms with E-state index in [2.05, 4.69) is 62.4 Å². The van der Waals surface area contributed by atoms with E-state index in [1.807, 2.05) is 30.4 Å². The van der Waals surface area contributed by atoms with Gasteiger partial charge in [0, 0.05) is 6.08 Å². The predicted molar refractivity (Wildman–Crippen MR) is 114 cm³/mol. The molecule has 0 heterocycles. The number of carbonyl (C=O) groups excluding carboxylic acids is 1. The van der Waals surface area contributed by atoms with Gasteiger partial charge in [-0.3, -0.25) is 0 Å². The van der Waals surface area contributed by atoms with Crippen molar-refractivity contribution in [2.75, 3.05) is 7.11 Å². The molecule has 0 unspecified atom stereocenters. The Hall–Kier alpha value is -3.07. The van der Waals surface area contributed by atoms with Gasteiger partial charge in [-0.1, -0.05) is 88.1 Å². The van der Waals surface area contributed by atoms with E-state index in [1.54, 1.807) is 12.1 Å². The van der Waals surface area contributed by atoms with Crippen LogP contribution in [0.5, 0.6) is 5.75 Å². The fourth-order valence-corrected chi connectivity index (χ4v) is 2.10. The minimum Gasteiger partial charge on any atom is -0.508 e. The normalized spacial score (nSPS) is 11.1. The SMILES string of the molecule is C=CC(=O)OC.CC(C)(C)c1ccc(C=CC=Cc2ccc(O)cc2)cc1. The van der Waals surface area contributed by atoms with Crippen molar-refractivity contribution in [1.29, 1.82) is 0 Å². The molecule has 0 fully saturated rings. The molecule has 0 bridgehead atoms. The zero-order chi connectivity index (χ0) is 20.3. The maximum atomic E-state index is 9.84. The number of phenolic OH excluding ortho intramolecular Hbond substituents is 1. The second-order valence-electron chi connectivity index (χ2n) is 6.91. The van der Waals surface area contributed by atoms with Gasteiger partial charge in [-0.15, -0.1) is 0 Å². The lowest BCUT2D eigenvalue weighted by atomic mass is 9.87. The molecular formula is C24H28O3. The van der Waals surface area contributed by atoms with Crippen LogP contribution in [0.2, 0.25) is 0 Å². The standard InChI is InChI=1S/C20H22O.C4H6O2/c1-20(2,3)18-12-8-16(9-13-18)6-4-5-7-17-10-14-19(21)15-11-17;1-3-4(5)6-2/h4-15,21H,1-3H3;3H,1H2,2H3. The number of benzene rings is 2. The molecule has 0 aliphatic carbocycles. The van der Waals surface area contributed by atoms with Gasteiger partial charge >= 0.3 is 5.97 Å². The Morgan fingerprint density at radius 2 is 1.37 bits per heavy atom. The first-order valence-electron chi connectivity index (χ1n) is 8.71. The van der Waals surface area contributed by atoms with Crippen LogP contribution in [0.15, 0.2) is 73.3 Å². The number of allylic oxidation sites excluding steroid dienone is 2. The monoisotopic (exact) mass is 364 g/mol. The van der Waals surface area contributed by atoms with Crippen molar-refractivity contribution in [3.05, 3.63) is 90.0 Å². The fraction of sp³-hybridized carbons (Fsp3) is 0.208. The van der Waals surface area contributed by atoms with E-state index in [4.69, 9.17) is 0 Å². The Kier molecular flexibility index (Phi) is 8.80. The summed E-state index contributed by atoms with van der Waals surface area (Å²) in [7, 11) is 1.31. The summed E-state index contributed by atoms with van der Waals surface area (Å²) in [5, 5.41) is 9.22. The topological polar surface area (TPSA) is 46.5 Å². The lowest BCUT2D eigenvalue weighted by Crippen LogP contribution is -2.10. The second kappa shape index (κ2) is 10.8. The maximum absolute atomic E-state index is 9.84. The highest BCUT2D eigenvalue weighted by atomic mass is 16.5. The van der Waals surface area contributed by atoms with Crippen LogP contribution in [0.25, 0.3) is 12.2 Å². The van der Waals surface area contributed by atoms with E-state index in [1.165, 1.54) is 18.2 Å². The number of hydrogen-bond acceptors (Lipinski definition) is 3. The third kappa shape index (κ3) is 8.73. The average Bonchev–Trinajstić information content (AvgIpc) is 2.66. The third-order valence-corrected chi connectivity index (χ3v) is 3.73. The van der Waals surface area contributed by atoms with Gasteiger partial charge in [0.15, 0.2) is 0 Å². The molecule has 3 heteroatoms. The molecule has 0 amide bonds. The van der Waals surface area contributed by atoms with E-state index in [0.717, 1.165) is 11.6 Å². The van der Waals surface area contributed by atoms with Gasteiger partial charge in [0.1, 0.15) is 5.75 Å². The Balaban J connectivity index is 0.000000527. The molecule has 0 aromatic heterocycles. The number of methoxy groups -OCH3 is 1. The van der Waals surface area contributed by atoms with Crippen molar-refractivity contribution >= 4 is 18.1 Å². The summed E-state index contributed by atoms with van der Waals surface area (Å²) in [6.07, 6.45) is 9.24. The molecule has 2 rings (SSSR count). The largest absolute Gasteiger partial charge is 0.508 e. The number of hydrogen-bond donors (Lipinski definition) is 1. The summed E-state index contributed by atoms with van der Waals surface area (Å²) in [5.41, 5.74) is 3.80. The van der Waals surface area contributed by atoms with Crippen LogP contribution >= 0.6 is 0 Å². The maximum Gasteiger partial charge on any atom is 0.329 e. The molecule has 0 saturated heterocycles. The molecule has 2 aromatic carbocycles. The van der Waals surface area contributed by atoms with Gasteiger partial charge in [-0.2, -0.15) is 0 Å². The van der Waals surface area contributed by atoms with Crippen LogP contribution in [0.4, 0.5) is 0 Å². The van der Waals surface area contributed by atoms with Gasteiger partial charge < -0.3 is 9.84 Å². The van der Waals surface area contributed by atoms with Gasteiger partial charge in [-0.25, -0.2) is 4.79 Å². The van der Waals surface area contributed by atoms with Gasteiger partial charge in [-0.05, 0) is 34.2 Å². The lowest BCUT2D eigenvalue weighted by molar-refractivity contribution is -0.134. The van der Waals surface area contributed by atoms with E-state index in [9.17, 15) is 9.90 Å². The molecule has 0 spiro atoms. The molecule has 0 atom stereocenters. The summed E-state index contributed by atoms with van der Waals surface area (Å²) in [5.74, 6) is -0.100. The lowest BCUT2D eigenvalue weighted by Gasteiger charge is -2.18. The number of phenols is 1. The smallest absolute Gasteiger partial charge is 0.329 e. The highest BCUT2D eigenvalue weighted by molar-refractivity contribution is 5.80. The average molecular weight is 364 g/mol. The molecule has 2 aromatic rings.